The molecule has 0 saturated carbocycles. The summed E-state index contributed by atoms with van der Waals surface area (Å²) in [6.45, 7) is 5.22. The minimum Gasteiger partial charge on any atom is -0.317 e. The van der Waals surface area contributed by atoms with Gasteiger partial charge in [-0.05, 0) is 31.3 Å². The van der Waals surface area contributed by atoms with Crippen molar-refractivity contribution in [2.75, 3.05) is 13.1 Å². The topological polar surface area (TPSA) is 49.8 Å². The third kappa shape index (κ3) is 1.90. The highest BCUT2D eigenvalue weighted by Crippen LogP contribution is 2.29. The van der Waals surface area contributed by atoms with E-state index in [1.54, 1.807) is 10.8 Å². The Labute approximate surface area is 83.3 Å². The smallest absolute Gasteiger partial charge is 0.317 e. The standard InChI is InChI=1S/C10H17N3O/c1-10(2-4-11-5-3-10)8-13-7-6-12-9(13)14/h6-7,11H,2-5,8H2,1H3,(H,12,14). The van der Waals surface area contributed by atoms with Gasteiger partial charge in [-0.3, -0.25) is 4.57 Å². The largest absolute Gasteiger partial charge is 0.325 e. The Hall–Kier alpha value is -1.03. The summed E-state index contributed by atoms with van der Waals surface area (Å²) in [7, 11) is 0. The Bertz CT molecular complexity index is 346. The summed E-state index contributed by atoms with van der Waals surface area (Å²) in [5, 5.41) is 3.34. The molecule has 2 heterocycles. The lowest BCUT2D eigenvalue weighted by Crippen LogP contribution is -2.39. The maximum atomic E-state index is 11.3. The molecule has 0 atom stereocenters. The summed E-state index contributed by atoms with van der Waals surface area (Å²) >= 11 is 0. The van der Waals surface area contributed by atoms with Gasteiger partial charge in [-0.25, -0.2) is 4.79 Å². The molecule has 78 valence electrons. The Morgan fingerprint density at radius 3 is 2.79 bits per heavy atom. The van der Waals surface area contributed by atoms with Crippen molar-refractivity contribution in [1.82, 2.24) is 14.9 Å². The molecule has 0 unspecified atom stereocenters. The second-order valence-electron chi connectivity index (χ2n) is 4.45. The summed E-state index contributed by atoms with van der Waals surface area (Å²) in [5.41, 5.74) is 0.279. The molecular weight excluding hydrogens is 178 g/mol. The van der Waals surface area contributed by atoms with Gasteiger partial charge in [0.05, 0.1) is 0 Å². The van der Waals surface area contributed by atoms with Gasteiger partial charge < -0.3 is 10.3 Å². The van der Waals surface area contributed by atoms with Gasteiger partial charge in [0.25, 0.3) is 0 Å². The van der Waals surface area contributed by atoms with Crippen molar-refractivity contribution in [3.8, 4) is 0 Å². The molecule has 1 aromatic heterocycles. The van der Waals surface area contributed by atoms with Gasteiger partial charge in [0, 0.05) is 18.9 Å². The molecular formula is C10H17N3O. The van der Waals surface area contributed by atoms with Crippen LogP contribution in [0.3, 0.4) is 0 Å². The van der Waals surface area contributed by atoms with Gasteiger partial charge >= 0.3 is 5.69 Å². The van der Waals surface area contributed by atoms with E-state index < -0.39 is 0 Å². The van der Waals surface area contributed by atoms with Crippen molar-refractivity contribution in [1.29, 1.82) is 0 Å². The molecule has 4 heteroatoms. The minimum absolute atomic E-state index is 0.00441. The summed E-state index contributed by atoms with van der Waals surface area (Å²) < 4.78 is 1.77. The zero-order chi connectivity index (χ0) is 10.0. The molecule has 2 rings (SSSR count). The van der Waals surface area contributed by atoms with E-state index in [1.807, 2.05) is 6.20 Å². The van der Waals surface area contributed by atoms with E-state index >= 15 is 0 Å². The Kier molecular flexibility index (Phi) is 2.46. The van der Waals surface area contributed by atoms with E-state index in [-0.39, 0.29) is 11.1 Å². The minimum atomic E-state index is 0.00441. The molecule has 0 spiro atoms. The monoisotopic (exact) mass is 195 g/mol. The molecule has 0 aromatic carbocycles. The van der Waals surface area contributed by atoms with E-state index in [9.17, 15) is 4.79 Å². The molecule has 4 nitrogen and oxygen atoms in total. The quantitative estimate of drug-likeness (QED) is 0.724. The first-order valence-electron chi connectivity index (χ1n) is 5.14. The Balaban J connectivity index is 2.09. The summed E-state index contributed by atoms with van der Waals surface area (Å²) in [6.07, 6.45) is 5.82. The molecule has 1 aromatic rings. The van der Waals surface area contributed by atoms with E-state index in [0.29, 0.717) is 0 Å². The molecule has 0 radical (unpaired) electrons. The molecule has 1 saturated heterocycles. The lowest BCUT2D eigenvalue weighted by molar-refractivity contribution is 0.193. The highest BCUT2D eigenvalue weighted by Gasteiger charge is 2.27. The van der Waals surface area contributed by atoms with Crippen LogP contribution in [0.1, 0.15) is 19.8 Å². The summed E-state index contributed by atoms with van der Waals surface area (Å²) in [6, 6.07) is 0. The molecule has 1 aliphatic rings. The maximum absolute atomic E-state index is 11.3. The number of H-pyrrole nitrogens is 1. The molecule has 14 heavy (non-hydrogen) atoms. The lowest BCUT2D eigenvalue weighted by atomic mass is 9.81. The van der Waals surface area contributed by atoms with E-state index in [1.165, 1.54) is 0 Å². The average molecular weight is 195 g/mol. The zero-order valence-electron chi connectivity index (χ0n) is 8.55. The number of hydrogen-bond acceptors (Lipinski definition) is 2. The predicted octanol–water partition coefficient (Wildman–Crippen LogP) is 0.566. The first kappa shape index (κ1) is 9.52. The molecule has 0 aliphatic carbocycles. The summed E-state index contributed by atoms with van der Waals surface area (Å²) in [5.74, 6) is 0. The maximum Gasteiger partial charge on any atom is 0.325 e. The van der Waals surface area contributed by atoms with Crippen LogP contribution in [0.15, 0.2) is 17.2 Å². The van der Waals surface area contributed by atoms with Crippen LogP contribution < -0.4 is 11.0 Å². The number of nitrogens with zero attached hydrogens (tertiary/aromatic N) is 1. The Morgan fingerprint density at radius 1 is 1.50 bits per heavy atom. The fourth-order valence-electron chi connectivity index (χ4n) is 2.07. The first-order valence-corrected chi connectivity index (χ1v) is 5.14. The van der Waals surface area contributed by atoms with Crippen LogP contribution in [-0.2, 0) is 6.54 Å². The lowest BCUT2D eigenvalue weighted by Gasteiger charge is -2.33. The fourth-order valence-corrected chi connectivity index (χ4v) is 2.07. The van der Waals surface area contributed by atoms with Crippen LogP contribution in [0.2, 0.25) is 0 Å². The van der Waals surface area contributed by atoms with Crippen molar-refractivity contribution in [3.63, 3.8) is 0 Å². The van der Waals surface area contributed by atoms with Crippen molar-refractivity contribution in [2.45, 2.75) is 26.3 Å². The van der Waals surface area contributed by atoms with Gasteiger partial charge in [-0.15, -0.1) is 0 Å². The van der Waals surface area contributed by atoms with Gasteiger partial charge in [-0.2, -0.15) is 0 Å². The van der Waals surface area contributed by atoms with Gasteiger partial charge in [0.2, 0.25) is 0 Å². The zero-order valence-corrected chi connectivity index (χ0v) is 8.55. The fraction of sp³-hybridized carbons (Fsp3) is 0.700. The molecule has 1 fully saturated rings. The van der Waals surface area contributed by atoms with E-state index in [2.05, 4.69) is 17.2 Å². The number of piperidine rings is 1. The van der Waals surface area contributed by atoms with Crippen molar-refractivity contribution >= 4 is 0 Å². The first-order chi connectivity index (χ1) is 6.70. The van der Waals surface area contributed by atoms with E-state index in [0.717, 1.165) is 32.5 Å². The van der Waals surface area contributed by atoms with Crippen LogP contribution >= 0.6 is 0 Å². The predicted molar refractivity (Wildman–Crippen MR) is 55.3 cm³/mol. The van der Waals surface area contributed by atoms with Crippen LogP contribution in [0.5, 0.6) is 0 Å². The highest BCUT2D eigenvalue weighted by molar-refractivity contribution is 4.85. The van der Waals surface area contributed by atoms with Crippen molar-refractivity contribution in [2.24, 2.45) is 5.41 Å². The van der Waals surface area contributed by atoms with Gasteiger partial charge in [0.15, 0.2) is 0 Å². The van der Waals surface area contributed by atoms with E-state index in [4.69, 9.17) is 0 Å². The number of hydrogen-bond donors (Lipinski definition) is 2. The SMILES string of the molecule is CC1(Cn2cc[nH]c2=O)CCNCC1. The number of rotatable bonds is 2. The van der Waals surface area contributed by atoms with Crippen LogP contribution in [0.25, 0.3) is 0 Å². The highest BCUT2D eigenvalue weighted by atomic mass is 16.1. The molecule has 0 amide bonds. The average Bonchev–Trinajstić information content (AvgIpc) is 2.52. The van der Waals surface area contributed by atoms with Gasteiger partial charge in [-0.1, -0.05) is 6.92 Å². The van der Waals surface area contributed by atoms with Crippen LogP contribution in [0.4, 0.5) is 0 Å². The molecule has 2 N–H and O–H groups in total. The van der Waals surface area contributed by atoms with Crippen molar-refractivity contribution in [3.05, 3.63) is 22.9 Å². The summed E-state index contributed by atoms with van der Waals surface area (Å²) in [4.78, 5) is 14.0. The second kappa shape index (κ2) is 3.61. The number of aromatic nitrogens is 2. The third-order valence-corrected chi connectivity index (χ3v) is 3.08. The molecule has 0 bridgehead atoms. The number of aromatic amines is 1. The Morgan fingerprint density at radius 2 is 2.21 bits per heavy atom. The molecule has 1 aliphatic heterocycles. The third-order valence-electron chi connectivity index (χ3n) is 3.08. The second-order valence-corrected chi connectivity index (χ2v) is 4.45. The number of nitrogens with one attached hydrogen (secondary N) is 2. The normalized spacial score (nSPS) is 20.9. The number of imidazole rings is 1. The van der Waals surface area contributed by atoms with Crippen LogP contribution in [0, 0.1) is 5.41 Å². The van der Waals surface area contributed by atoms with Gasteiger partial charge in [0.1, 0.15) is 0 Å². The van der Waals surface area contributed by atoms with Crippen LogP contribution in [-0.4, -0.2) is 22.6 Å². The van der Waals surface area contributed by atoms with Crippen molar-refractivity contribution < 1.29 is 0 Å².